The Morgan fingerprint density at radius 1 is 1.21 bits per heavy atom. The van der Waals surface area contributed by atoms with Gasteiger partial charge >= 0.3 is 5.97 Å². The molecule has 1 aromatic heterocycles. The molecule has 8 heteroatoms. The Hall–Kier alpha value is -3.45. The number of ether oxygens (including phenoxy) is 2. The third kappa shape index (κ3) is 4.35. The van der Waals surface area contributed by atoms with Crippen LogP contribution in [0.25, 0.3) is 6.08 Å². The lowest BCUT2D eigenvalue weighted by Crippen LogP contribution is -2.08. The number of carbonyl (C=O) groups is 2. The molecule has 0 amide bonds. The standard InChI is InChI=1S/C21H13ClFNO5/c22-19-11-15(29-24-19)5-7-20(25)27-14-4-6-16-17(10-14)28-18(21(16)26)9-12-2-1-3-13(23)8-12/h1-4,6,8-11H,5,7H2/b18-9-. The molecule has 0 saturated carbocycles. The molecule has 1 aliphatic rings. The van der Waals surface area contributed by atoms with Crippen molar-refractivity contribution in [2.75, 3.05) is 0 Å². The van der Waals surface area contributed by atoms with E-state index in [1.165, 1.54) is 42.5 Å². The summed E-state index contributed by atoms with van der Waals surface area (Å²) >= 11 is 5.66. The van der Waals surface area contributed by atoms with Gasteiger partial charge in [-0.05, 0) is 35.9 Å². The zero-order valence-corrected chi connectivity index (χ0v) is 15.6. The van der Waals surface area contributed by atoms with Gasteiger partial charge in [0.2, 0.25) is 5.78 Å². The molecule has 4 rings (SSSR count). The Morgan fingerprint density at radius 2 is 2.07 bits per heavy atom. The molecule has 6 nitrogen and oxygen atoms in total. The highest BCUT2D eigenvalue weighted by atomic mass is 35.5. The van der Waals surface area contributed by atoms with E-state index < -0.39 is 11.8 Å². The quantitative estimate of drug-likeness (QED) is 0.345. The molecule has 0 atom stereocenters. The van der Waals surface area contributed by atoms with Gasteiger partial charge in [0.1, 0.15) is 23.1 Å². The Morgan fingerprint density at radius 3 is 2.83 bits per heavy atom. The van der Waals surface area contributed by atoms with Gasteiger partial charge in [0, 0.05) is 18.6 Å². The second-order valence-electron chi connectivity index (χ2n) is 6.24. The second-order valence-corrected chi connectivity index (χ2v) is 6.63. The van der Waals surface area contributed by atoms with E-state index in [-0.39, 0.29) is 34.6 Å². The highest BCUT2D eigenvalue weighted by molar-refractivity contribution is 6.29. The first-order valence-corrected chi connectivity index (χ1v) is 9.01. The Kier molecular flexibility index (Phi) is 5.14. The van der Waals surface area contributed by atoms with Crippen LogP contribution in [0.4, 0.5) is 4.39 Å². The van der Waals surface area contributed by atoms with Gasteiger partial charge in [0.15, 0.2) is 10.9 Å². The number of benzene rings is 2. The monoisotopic (exact) mass is 413 g/mol. The van der Waals surface area contributed by atoms with Crippen LogP contribution in [0.1, 0.15) is 28.1 Å². The number of aromatic nitrogens is 1. The number of rotatable bonds is 5. The van der Waals surface area contributed by atoms with Crippen LogP contribution in [-0.4, -0.2) is 16.9 Å². The zero-order valence-electron chi connectivity index (χ0n) is 14.9. The van der Waals surface area contributed by atoms with E-state index >= 15 is 0 Å². The summed E-state index contributed by atoms with van der Waals surface area (Å²) in [6.45, 7) is 0. The van der Waals surface area contributed by atoms with Crippen molar-refractivity contribution < 1.29 is 28.0 Å². The molecule has 0 radical (unpaired) electrons. The number of Topliss-reactive ketones (excluding diaryl/α,β-unsaturated/α-hetero) is 1. The van der Waals surface area contributed by atoms with Crippen molar-refractivity contribution in [2.45, 2.75) is 12.8 Å². The number of ketones is 1. The molecule has 0 aliphatic carbocycles. The lowest BCUT2D eigenvalue weighted by molar-refractivity contribution is -0.134. The van der Waals surface area contributed by atoms with E-state index in [1.54, 1.807) is 12.1 Å². The van der Waals surface area contributed by atoms with Crippen molar-refractivity contribution in [3.63, 3.8) is 0 Å². The number of aryl methyl sites for hydroxylation is 1. The predicted octanol–water partition coefficient (Wildman–Crippen LogP) is 4.62. The first kappa shape index (κ1) is 18.9. The number of carbonyl (C=O) groups excluding carboxylic acids is 2. The van der Waals surface area contributed by atoms with E-state index in [1.807, 2.05) is 0 Å². The number of esters is 1. The maximum absolute atomic E-state index is 13.3. The normalized spacial score (nSPS) is 14.0. The fourth-order valence-corrected chi connectivity index (χ4v) is 2.95. The van der Waals surface area contributed by atoms with Gasteiger partial charge in [0.25, 0.3) is 0 Å². The third-order valence-electron chi connectivity index (χ3n) is 4.13. The van der Waals surface area contributed by atoms with Gasteiger partial charge < -0.3 is 14.0 Å². The molecule has 0 fully saturated rings. The average molecular weight is 414 g/mol. The van der Waals surface area contributed by atoms with Gasteiger partial charge in [-0.15, -0.1) is 0 Å². The largest absolute Gasteiger partial charge is 0.452 e. The Balaban J connectivity index is 1.43. The average Bonchev–Trinajstić information content (AvgIpc) is 3.23. The summed E-state index contributed by atoms with van der Waals surface area (Å²) < 4.78 is 29.1. The van der Waals surface area contributed by atoms with Crippen LogP contribution in [-0.2, 0) is 11.2 Å². The van der Waals surface area contributed by atoms with Crippen LogP contribution in [0, 0.1) is 5.82 Å². The van der Waals surface area contributed by atoms with Crippen molar-refractivity contribution in [1.29, 1.82) is 0 Å². The minimum Gasteiger partial charge on any atom is -0.452 e. The summed E-state index contributed by atoms with van der Waals surface area (Å²) in [5, 5.41) is 3.75. The summed E-state index contributed by atoms with van der Waals surface area (Å²) in [7, 11) is 0. The van der Waals surface area contributed by atoms with Crippen molar-refractivity contribution in [3.05, 3.63) is 82.1 Å². The van der Waals surface area contributed by atoms with Gasteiger partial charge in [-0.3, -0.25) is 9.59 Å². The molecule has 3 aromatic rings. The molecular formula is C21H13ClFNO5. The van der Waals surface area contributed by atoms with E-state index in [0.717, 1.165) is 0 Å². The van der Waals surface area contributed by atoms with E-state index in [9.17, 15) is 14.0 Å². The molecule has 0 spiro atoms. The van der Waals surface area contributed by atoms with Gasteiger partial charge in [0.05, 0.1) is 12.0 Å². The fourth-order valence-electron chi connectivity index (χ4n) is 2.79. The minimum atomic E-state index is -0.489. The molecule has 0 saturated heterocycles. The Bertz CT molecular complexity index is 1140. The van der Waals surface area contributed by atoms with Crippen LogP contribution in [0.15, 0.2) is 58.8 Å². The number of allylic oxidation sites excluding steroid dienone is 1. The molecule has 0 bridgehead atoms. The van der Waals surface area contributed by atoms with E-state index in [0.29, 0.717) is 23.3 Å². The molecule has 146 valence electrons. The fraction of sp³-hybridized carbons (Fsp3) is 0.0952. The summed E-state index contributed by atoms with van der Waals surface area (Å²) in [6.07, 6.45) is 1.81. The molecule has 1 aliphatic heterocycles. The van der Waals surface area contributed by atoms with E-state index in [4.69, 9.17) is 25.6 Å². The first-order chi connectivity index (χ1) is 14.0. The van der Waals surface area contributed by atoms with Crippen LogP contribution < -0.4 is 9.47 Å². The summed E-state index contributed by atoms with van der Waals surface area (Å²) in [4.78, 5) is 24.5. The molecule has 0 unspecified atom stereocenters. The molecule has 2 aromatic carbocycles. The zero-order chi connectivity index (χ0) is 20.4. The lowest BCUT2D eigenvalue weighted by atomic mass is 10.1. The topological polar surface area (TPSA) is 78.6 Å². The molecule has 29 heavy (non-hydrogen) atoms. The van der Waals surface area contributed by atoms with Crippen LogP contribution >= 0.6 is 11.6 Å². The third-order valence-corrected chi connectivity index (χ3v) is 4.30. The van der Waals surface area contributed by atoms with Crippen LogP contribution in [0.2, 0.25) is 5.15 Å². The predicted molar refractivity (Wildman–Crippen MR) is 101 cm³/mol. The van der Waals surface area contributed by atoms with Gasteiger partial charge in [-0.25, -0.2) is 4.39 Å². The van der Waals surface area contributed by atoms with E-state index in [2.05, 4.69) is 5.16 Å². The summed E-state index contributed by atoms with van der Waals surface area (Å²) in [5.74, 6) is -0.182. The van der Waals surface area contributed by atoms with Crippen molar-refractivity contribution in [2.24, 2.45) is 0 Å². The number of nitrogens with zero attached hydrogens (tertiary/aromatic N) is 1. The maximum Gasteiger partial charge on any atom is 0.311 e. The molecular weight excluding hydrogens is 401 g/mol. The van der Waals surface area contributed by atoms with Crippen LogP contribution in [0.3, 0.4) is 0 Å². The maximum atomic E-state index is 13.3. The number of hydrogen-bond acceptors (Lipinski definition) is 6. The Labute approximate surface area is 169 Å². The number of halogens is 2. The van der Waals surface area contributed by atoms with Gasteiger partial charge in [-0.2, -0.15) is 0 Å². The van der Waals surface area contributed by atoms with Crippen molar-refractivity contribution in [1.82, 2.24) is 5.16 Å². The lowest BCUT2D eigenvalue weighted by Gasteiger charge is -2.05. The SMILES string of the molecule is O=C(CCc1cc(Cl)no1)Oc1ccc2c(c1)O/C(=C\c1cccc(F)c1)C2=O. The molecule has 2 heterocycles. The smallest absolute Gasteiger partial charge is 0.311 e. The number of hydrogen-bond donors (Lipinski definition) is 0. The summed E-state index contributed by atoms with van der Waals surface area (Å²) in [5.41, 5.74) is 0.837. The highest BCUT2D eigenvalue weighted by Gasteiger charge is 2.28. The van der Waals surface area contributed by atoms with Crippen molar-refractivity contribution in [3.8, 4) is 11.5 Å². The highest BCUT2D eigenvalue weighted by Crippen LogP contribution is 2.35. The van der Waals surface area contributed by atoms with Crippen molar-refractivity contribution >= 4 is 29.4 Å². The molecule has 0 N–H and O–H groups in total. The van der Waals surface area contributed by atoms with Crippen LogP contribution in [0.5, 0.6) is 11.5 Å². The number of fused-ring (bicyclic) bond motifs is 1. The minimum absolute atomic E-state index is 0.0626. The van der Waals surface area contributed by atoms with Gasteiger partial charge in [-0.1, -0.05) is 28.9 Å². The first-order valence-electron chi connectivity index (χ1n) is 8.63. The second kappa shape index (κ2) is 7.89. The summed E-state index contributed by atoms with van der Waals surface area (Å²) in [6, 6.07) is 11.8.